The van der Waals surface area contributed by atoms with Crippen molar-refractivity contribution in [2.75, 3.05) is 0 Å². The van der Waals surface area contributed by atoms with E-state index in [1.165, 1.54) is 11.1 Å². The summed E-state index contributed by atoms with van der Waals surface area (Å²) in [6.45, 7) is 4.09. The van der Waals surface area contributed by atoms with Gasteiger partial charge in [0.15, 0.2) is 0 Å². The number of aryl methyl sites for hydroxylation is 2. The number of carbonyl (C=O) groups is 1. The van der Waals surface area contributed by atoms with Gasteiger partial charge in [-0.05, 0) is 36.6 Å². The molecular weight excluding hydrogens is 150 g/mol. The van der Waals surface area contributed by atoms with Gasteiger partial charge in [0.1, 0.15) is 0 Å². The van der Waals surface area contributed by atoms with Gasteiger partial charge in [-0.15, -0.1) is 0 Å². The maximum absolute atomic E-state index is 10.8. The van der Waals surface area contributed by atoms with E-state index in [1.54, 1.807) is 6.07 Å². The second-order valence-electron chi connectivity index (χ2n) is 2.86. The van der Waals surface area contributed by atoms with Gasteiger partial charge in [0.25, 0.3) is 0 Å². The molecule has 0 unspecified atom stereocenters. The van der Waals surface area contributed by atoms with E-state index in [9.17, 15) is 4.79 Å². The number of carbonyl (C=O) groups excluding carboxylic acids is 1. The maximum atomic E-state index is 10.8. The summed E-state index contributed by atoms with van der Waals surface area (Å²) in [5.74, 6) is -0.357. The van der Waals surface area contributed by atoms with Crippen molar-refractivity contribution in [2.24, 2.45) is 5.73 Å². The monoisotopic (exact) mass is 163 g/mol. The number of primary amides is 1. The van der Waals surface area contributed by atoms with Gasteiger partial charge in [0.2, 0.25) is 5.91 Å². The molecule has 0 aliphatic heterocycles. The van der Waals surface area contributed by atoms with Crippen molar-refractivity contribution in [3.8, 4) is 0 Å². The van der Waals surface area contributed by atoms with Crippen LogP contribution in [-0.4, -0.2) is 5.91 Å². The van der Waals surface area contributed by atoms with E-state index in [0.717, 1.165) is 6.42 Å². The summed E-state index contributed by atoms with van der Waals surface area (Å²) >= 11 is 0. The van der Waals surface area contributed by atoms with Gasteiger partial charge in [0, 0.05) is 5.56 Å². The first-order valence-electron chi connectivity index (χ1n) is 4.04. The highest BCUT2D eigenvalue weighted by atomic mass is 16.1. The number of rotatable bonds is 2. The fourth-order valence-corrected chi connectivity index (χ4v) is 1.21. The molecule has 1 aromatic carbocycles. The lowest BCUT2D eigenvalue weighted by Crippen LogP contribution is -2.11. The van der Waals surface area contributed by atoms with E-state index in [2.05, 4.69) is 6.92 Å². The van der Waals surface area contributed by atoms with Crippen molar-refractivity contribution >= 4 is 5.91 Å². The van der Waals surface area contributed by atoms with E-state index in [0.29, 0.717) is 5.56 Å². The molecule has 1 amide bonds. The molecule has 0 aromatic heterocycles. The Hall–Kier alpha value is -1.31. The molecule has 0 saturated heterocycles. The van der Waals surface area contributed by atoms with Crippen LogP contribution in [0.4, 0.5) is 0 Å². The van der Waals surface area contributed by atoms with Crippen LogP contribution in [0.15, 0.2) is 18.2 Å². The van der Waals surface area contributed by atoms with Crippen LogP contribution in [0.5, 0.6) is 0 Å². The first-order chi connectivity index (χ1) is 5.65. The smallest absolute Gasteiger partial charge is 0.248 e. The van der Waals surface area contributed by atoms with Crippen LogP contribution >= 0.6 is 0 Å². The maximum Gasteiger partial charge on any atom is 0.248 e. The lowest BCUT2D eigenvalue weighted by molar-refractivity contribution is 0.1000. The minimum absolute atomic E-state index is 0.357. The van der Waals surface area contributed by atoms with Gasteiger partial charge >= 0.3 is 0 Å². The molecule has 0 fully saturated rings. The first kappa shape index (κ1) is 8.78. The average Bonchev–Trinajstić information content (AvgIpc) is 2.05. The number of nitrogens with two attached hydrogens (primary N) is 1. The molecule has 1 rings (SSSR count). The third-order valence-corrected chi connectivity index (χ3v) is 2.01. The molecule has 64 valence electrons. The predicted octanol–water partition coefficient (Wildman–Crippen LogP) is 1.66. The van der Waals surface area contributed by atoms with Crippen molar-refractivity contribution in [3.63, 3.8) is 0 Å². The summed E-state index contributed by atoms with van der Waals surface area (Å²) < 4.78 is 0. The average molecular weight is 163 g/mol. The molecule has 2 nitrogen and oxygen atoms in total. The fraction of sp³-hybridized carbons (Fsp3) is 0.300. The molecule has 0 atom stereocenters. The van der Waals surface area contributed by atoms with Gasteiger partial charge in [-0.25, -0.2) is 0 Å². The molecular formula is C10H13NO. The molecule has 0 aliphatic rings. The first-order valence-corrected chi connectivity index (χ1v) is 4.04. The highest BCUT2D eigenvalue weighted by Gasteiger charge is 2.02. The minimum Gasteiger partial charge on any atom is -0.366 e. The van der Waals surface area contributed by atoms with E-state index in [1.807, 2.05) is 19.1 Å². The quantitative estimate of drug-likeness (QED) is 0.707. The number of amides is 1. The van der Waals surface area contributed by atoms with Crippen LogP contribution in [0.1, 0.15) is 28.4 Å². The van der Waals surface area contributed by atoms with Crippen LogP contribution in [0, 0.1) is 6.92 Å². The van der Waals surface area contributed by atoms with E-state index in [-0.39, 0.29) is 5.91 Å². The van der Waals surface area contributed by atoms with Gasteiger partial charge in [0.05, 0.1) is 0 Å². The Morgan fingerprint density at radius 1 is 1.50 bits per heavy atom. The summed E-state index contributed by atoms with van der Waals surface area (Å²) in [5, 5.41) is 0. The highest BCUT2D eigenvalue weighted by molar-refractivity contribution is 5.93. The summed E-state index contributed by atoms with van der Waals surface area (Å²) in [4.78, 5) is 10.8. The van der Waals surface area contributed by atoms with Gasteiger partial charge in [-0.1, -0.05) is 13.0 Å². The van der Waals surface area contributed by atoms with Crippen LogP contribution in [-0.2, 0) is 6.42 Å². The SMILES string of the molecule is CCc1cc(C(N)=O)ccc1C. The zero-order valence-electron chi connectivity index (χ0n) is 7.42. The summed E-state index contributed by atoms with van der Waals surface area (Å²) in [6.07, 6.45) is 0.937. The molecule has 0 heterocycles. The van der Waals surface area contributed by atoms with E-state index < -0.39 is 0 Å². The standard InChI is InChI=1S/C10H13NO/c1-3-8-6-9(10(11)12)5-4-7(8)2/h4-6H,3H2,1-2H3,(H2,11,12). The zero-order valence-corrected chi connectivity index (χ0v) is 7.42. The molecule has 12 heavy (non-hydrogen) atoms. The summed E-state index contributed by atoms with van der Waals surface area (Å²) in [5.41, 5.74) is 8.14. The third kappa shape index (κ3) is 1.64. The molecule has 0 bridgehead atoms. The third-order valence-electron chi connectivity index (χ3n) is 2.01. The van der Waals surface area contributed by atoms with Crippen molar-refractivity contribution in [1.29, 1.82) is 0 Å². The molecule has 0 radical (unpaired) electrons. The number of hydrogen-bond acceptors (Lipinski definition) is 1. The molecule has 2 N–H and O–H groups in total. The van der Waals surface area contributed by atoms with Crippen molar-refractivity contribution in [3.05, 3.63) is 34.9 Å². The number of benzene rings is 1. The molecule has 2 heteroatoms. The Labute approximate surface area is 72.4 Å². The fourth-order valence-electron chi connectivity index (χ4n) is 1.21. The Bertz CT molecular complexity index is 305. The van der Waals surface area contributed by atoms with Crippen molar-refractivity contribution in [1.82, 2.24) is 0 Å². The van der Waals surface area contributed by atoms with Gasteiger partial charge in [-0.2, -0.15) is 0 Å². The van der Waals surface area contributed by atoms with Gasteiger partial charge in [-0.3, -0.25) is 4.79 Å². The topological polar surface area (TPSA) is 43.1 Å². The Kier molecular flexibility index (Phi) is 2.48. The summed E-state index contributed by atoms with van der Waals surface area (Å²) in [6, 6.07) is 5.55. The van der Waals surface area contributed by atoms with Crippen LogP contribution < -0.4 is 5.73 Å². The van der Waals surface area contributed by atoms with E-state index in [4.69, 9.17) is 5.73 Å². The lowest BCUT2D eigenvalue weighted by atomic mass is 10.0. The zero-order chi connectivity index (χ0) is 9.14. The Morgan fingerprint density at radius 3 is 2.67 bits per heavy atom. The van der Waals surface area contributed by atoms with Crippen molar-refractivity contribution < 1.29 is 4.79 Å². The Balaban J connectivity index is 3.13. The molecule has 0 spiro atoms. The molecule has 0 aliphatic carbocycles. The van der Waals surface area contributed by atoms with Crippen LogP contribution in [0.3, 0.4) is 0 Å². The van der Waals surface area contributed by atoms with E-state index >= 15 is 0 Å². The Morgan fingerprint density at radius 2 is 2.17 bits per heavy atom. The number of hydrogen-bond donors (Lipinski definition) is 1. The van der Waals surface area contributed by atoms with Crippen molar-refractivity contribution in [2.45, 2.75) is 20.3 Å². The highest BCUT2D eigenvalue weighted by Crippen LogP contribution is 2.11. The largest absolute Gasteiger partial charge is 0.366 e. The molecule has 1 aromatic rings. The normalized spacial score (nSPS) is 9.83. The summed E-state index contributed by atoms with van der Waals surface area (Å²) in [7, 11) is 0. The minimum atomic E-state index is -0.357. The van der Waals surface area contributed by atoms with Gasteiger partial charge < -0.3 is 5.73 Å². The van der Waals surface area contributed by atoms with Crippen LogP contribution in [0.25, 0.3) is 0 Å². The second-order valence-corrected chi connectivity index (χ2v) is 2.86. The second kappa shape index (κ2) is 3.39. The molecule has 0 saturated carbocycles. The van der Waals surface area contributed by atoms with Crippen LogP contribution in [0.2, 0.25) is 0 Å². The predicted molar refractivity (Wildman–Crippen MR) is 49.1 cm³/mol. The lowest BCUT2D eigenvalue weighted by Gasteiger charge is -2.03.